The van der Waals surface area contributed by atoms with E-state index in [-0.39, 0.29) is 5.91 Å². The highest BCUT2D eigenvalue weighted by atomic mass is 16.2. The number of hydrogen-bond acceptors (Lipinski definition) is 5. The first-order valence-electron chi connectivity index (χ1n) is 10.2. The van der Waals surface area contributed by atoms with Crippen molar-refractivity contribution in [2.75, 3.05) is 56.1 Å². The Morgan fingerprint density at radius 3 is 2.57 bits per heavy atom. The molecule has 6 heteroatoms. The molecular weight excluding hydrogens is 350 g/mol. The number of aromatic nitrogens is 1. The lowest BCUT2D eigenvalue weighted by atomic mass is 9.96. The Hall–Kier alpha value is -2.44. The molecule has 2 fully saturated rings. The zero-order valence-electron chi connectivity index (χ0n) is 16.4. The van der Waals surface area contributed by atoms with Crippen molar-refractivity contribution in [2.24, 2.45) is 0 Å². The summed E-state index contributed by atoms with van der Waals surface area (Å²) < 4.78 is 0. The van der Waals surface area contributed by atoms with Crippen molar-refractivity contribution in [1.29, 1.82) is 0 Å². The lowest BCUT2D eigenvalue weighted by Crippen LogP contribution is -2.61. The number of anilines is 2. The molecular formula is C22H27N5O. The summed E-state index contributed by atoms with van der Waals surface area (Å²) in [6.45, 7) is 6.62. The smallest absolute Gasteiger partial charge is 0.227 e. The van der Waals surface area contributed by atoms with Crippen LogP contribution in [0.2, 0.25) is 0 Å². The molecule has 1 amide bonds. The topological polar surface area (TPSA) is 51.7 Å². The molecule has 1 N–H and O–H groups in total. The van der Waals surface area contributed by atoms with Crippen LogP contribution in [0.5, 0.6) is 0 Å². The van der Waals surface area contributed by atoms with E-state index in [1.54, 1.807) is 4.90 Å². The van der Waals surface area contributed by atoms with Gasteiger partial charge in [0.1, 0.15) is 0 Å². The quantitative estimate of drug-likeness (QED) is 0.883. The van der Waals surface area contributed by atoms with Gasteiger partial charge in [-0.25, -0.2) is 0 Å². The molecule has 146 valence electrons. The first-order valence-corrected chi connectivity index (χ1v) is 10.2. The number of hydrogen-bond donors (Lipinski definition) is 1. The largest absolute Gasteiger partial charge is 0.368 e. The SMILES string of the molecule is CN1C(=O)CCc2cc(-c3cncc(N4CCN(C5CNC5)CC4)c3)ccc21. The minimum atomic E-state index is 0.195. The van der Waals surface area contributed by atoms with Crippen LogP contribution in [-0.4, -0.2) is 68.1 Å². The van der Waals surface area contributed by atoms with Crippen molar-refractivity contribution in [1.82, 2.24) is 15.2 Å². The van der Waals surface area contributed by atoms with E-state index in [1.165, 1.54) is 16.8 Å². The molecule has 3 aliphatic rings. The van der Waals surface area contributed by atoms with Gasteiger partial charge in [-0.1, -0.05) is 6.07 Å². The molecule has 0 unspecified atom stereocenters. The molecule has 4 heterocycles. The van der Waals surface area contributed by atoms with Gasteiger partial charge in [-0.2, -0.15) is 0 Å². The fourth-order valence-corrected chi connectivity index (χ4v) is 4.47. The van der Waals surface area contributed by atoms with Crippen molar-refractivity contribution in [3.05, 3.63) is 42.2 Å². The van der Waals surface area contributed by atoms with Crippen LogP contribution in [0.1, 0.15) is 12.0 Å². The molecule has 0 saturated carbocycles. The summed E-state index contributed by atoms with van der Waals surface area (Å²) in [5, 5.41) is 3.37. The predicted molar refractivity (Wildman–Crippen MR) is 112 cm³/mol. The third-order valence-electron chi connectivity index (χ3n) is 6.44. The Morgan fingerprint density at radius 1 is 1.00 bits per heavy atom. The van der Waals surface area contributed by atoms with Crippen molar-refractivity contribution >= 4 is 17.3 Å². The van der Waals surface area contributed by atoms with Gasteiger partial charge in [0.15, 0.2) is 0 Å². The molecule has 2 saturated heterocycles. The number of nitrogens with zero attached hydrogens (tertiary/aromatic N) is 4. The molecule has 1 aromatic heterocycles. The Bertz CT molecular complexity index is 886. The maximum atomic E-state index is 11.9. The predicted octanol–water partition coefficient (Wildman–Crippen LogP) is 1.75. The first-order chi connectivity index (χ1) is 13.7. The fourth-order valence-electron chi connectivity index (χ4n) is 4.47. The van der Waals surface area contributed by atoms with E-state index in [2.05, 4.69) is 44.4 Å². The van der Waals surface area contributed by atoms with Crippen LogP contribution in [0, 0.1) is 0 Å². The number of carbonyl (C=O) groups is 1. The number of amides is 1. The van der Waals surface area contributed by atoms with Gasteiger partial charge in [0.2, 0.25) is 5.91 Å². The second-order valence-electron chi connectivity index (χ2n) is 8.06. The summed E-state index contributed by atoms with van der Waals surface area (Å²) in [5.41, 5.74) is 5.80. The number of carbonyl (C=O) groups excluding carboxylic acids is 1. The number of nitrogens with one attached hydrogen (secondary N) is 1. The van der Waals surface area contributed by atoms with Crippen molar-refractivity contribution in [3.63, 3.8) is 0 Å². The van der Waals surface area contributed by atoms with Crippen LogP contribution >= 0.6 is 0 Å². The van der Waals surface area contributed by atoms with Crippen LogP contribution < -0.4 is 15.1 Å². The fraction of sp³-hybridized carbons (Fsp3) is 0.455. The van der Waals surface area contributed by atoms with Crippen molar-refractivity contribution in [2.45, 2.75) is 18.9 Å². The number of aryl methyl sites for hydroxylation is 1. The monoisotopic (exact) mass is 377 g/mol. The molecule has 2 aromatic rings. The van der Waals surface area contributed by atoms with Crippen molar-refractivity contribution < 1.29 is 4.79 Å². The molecule has 0 spiro atoms. The number of pyridine rings is 1. The van der Waals surface area contributed by atoms with Gasteiger partial charge in [-0.3, -0.25) is 14.7 Å². The van der Waals surface area contributed by atoms with Gasteiger partial charge >= 0.3 is 0 Å². The molecule has 1 aromatic carbocycles. The van der Waals surface area contributed by atoms with E-state index in [0.29, 0.717) is 6.42 Å². The van der Waals surface area contributed by atoms with Gasteiger partial charge < -0.3 is 15.1 Å². The summed E-state index contributed by atoms with van der Waals surface area (Å²) >= 11 is 0. The molecule has 0 bridgehead atoms. The highest BCUT2D eigenvalue weighted by Crippen LogP contribution is 2.32. The van der Waals surface area contributed by atoms with Gasteiger partial charge in [0.05, 0.1) is 11.9 Å². The molecule has 28 heavy (non-hydrogen) atoms. The standard InChI is InChI=1S/C22H27N5O/c1-25-21-4-2-16(10-17(21)3-5-22(25)28)18-11-19(13-23-12-18)26-6-8-27(9-7-26)20-14-24-15-20/h2,4,10-13,20,24H,3,5-9,14-15H2,1H3. The maximum Gasteiger partial charge on any atom is 0.227 e. The maximum absolute atomic E-state index is 11.9. The zero-order chi connectivity index (χ0) is 19.1. The molecule has 0 atom stereocenters. The number of rotatable bonds is 3. The van der Waals surface area contributed by atoms with E-state index in [9.17, 15) is 4.79 Å². The average molecular weight is 377 g/mol. The zero-order valence-corrected chi connectivity index (χ0v) is 16.4. The third-order valence-corrected chi connectivity index (χ3v) is 6.44. The van der Waals surface area contributed by atoms with Crippen LogP contribution in [0.15, 0.2) is 36.7 Å². The van der Waals surface area contributed by atoms with E-state index in [1.807, 2.05) is 19.4 Å². The molecule has 6 nitrogen and oxygen atoms in total. The number of fused-ring (bicyclic) bond motifs is 1. The second kappa shape index (κ2) is 7.18. The molecule has 3 aliphatic heterocycles. The highest BCUT2D eigenvalue weighted by molar-refractivity contribution is 5.96. The average Bonchev–Trinajstić information content (AvgIpc) is 2.70. The molecule has 0 aliphatic carbocycles. The van der Waals surface area contributed by atoms with Crippen molar-refractivity contribution in [3.8, 4) is 11.1 Å². The summed E-state index contributed by atoms with van der Waals surface area (Å²) in [6.07, 6.45) is 5.33. The van der Waals surface area contributed by atoms with Crippen LogP contribution in [0.4, 0.5) is 11.4 Å². The summed E-state index contributed by atoms with van der Waals surface area (Å²) in [4.78, 5) is 23.3. The van der Waals surface area contributed by atoms with Gasteiger partial charge in [-0.05, 0) is 35.7 Å². The van der Waals surface area contributed by atoms with Crippen LogP contribution in [0.25, 0.3) is 11.1 Å². The minimum Gasteiger partial charge on any atom is -0.368 e. The Labute approximate surface area is 166 Å². The Kier molecular flexibility index (Phi) is 4.53. The van der Waals surface area contributed by atoms with E-state index in [0.717, 1.165) is 63.0 Å². The van der Waals surface area contributed by atoms with Crippen LogP contribution in [-0.2, 0) is 11.2 Å². The van der Waals surface area contributed by atoms with Gasteiger partial charge in [0, 0.05) is 76.2 Å². The lowest BCUT2D eigenvalue weighted by Gasteiger charge is -2.43. The highest BCUT2D eigenvalue weighted by Gasteiger charge is 2.28. The summed E-state index contributed by atoms with van der Waals surface area (Å²) in [6, 6.07) is 9.39. The van der Waals surface area contributed by atoms with Gasteiger partial charge in [0.25, 0.3) is 0 Å². The van der Waals surface area contributed by atoms with E-state index < -0.39 is 0 Å². The third kappa shape index (κ3) is 3.16. The number of piperazine rings is 1. The number of benzene rings is 1. The van der Waals surface area contributed by atoms with E-state index >= 15 is 0 Å². The first kappa shape index (κ1) is 17.6. The normalized spacial score (nSPS) is 20.8. The minimum absolute atomic E-state index is 0.195. The Morgan fingerprint density at radius 2 is 1.82 bits per heavy atom. The summed E-state index contributed by atoms with van der Waals surface area (Å²) in [5.74, 6) is 0.195. The molecule has 5 rings (SSSR count). The molecule has 0 radical (unpaired) electrons. The van der Waals surface area contributed by atoms with Gasteiger partial charge in [-0.15, -0.1) is 0 Å². The second-order valence-corrected chi connectivity index (χ2v) is 8.06. The van der Waals surface area contributed by atoms with Crippen LogP contribution in [0.3, 0.4) is 0 Å². The summed E-state index contributed by atoms with van der Waals surface area (Å²) in [7, 11) is 1.86. The Balaban J connectivity index is 1.34. The van der Waals surface area contributed by atoms with E-state index in [4.69, 9.17) is 0 Å². The lowest BCUT2D eigenvalue weighted by molar-refractivity contribution is -0.118.